The summed E-state index contributed by atoms with van der Waals surface area (Å²) in [6.45, 7) is 10.2. The number of ether oxygens (including phenoxy) is 1. The smallest absolute Gasteiger partial charge is 0.0637 e. The molecule has 0 spiro atoms. The second-order valence-corrected chi connectivity index (χ2v) is 6.15. The van der Waals surface area contributed by atoms with Gasteiger partial charge in [0.05, 0.1) is 6.61 Å². The van der Waals surface area contributed by atoms with E-state index >= 15 is 0 Å². The zero-order chi connectivity index (χ0) is 15.0. The highest BCUT2D eigenvalue weighted by Gasteiger charge is 2.14. The minimum atomic E-state index is 0.448. The van der Waals surface area contributed by atoms with E-state index in [0.29, 0.717) is 6.04 Å². The monoisotopic (exact) mass is 342 g/mol. The third-order valence-corrected chi connectivity index (χ3v) is 3.75. The Bertz CT molecular complexity index is 396. The van der Waals surface area contributed by atoms with E-state index in [1.54, 1.807) is 7.11 Å². The first-order valence-electron chi connectivity index (χ1n) is 7.34. The highest BCUT2D eigenvalue weighted by Crippen LogP contribution is 2.26. The number of methoxy groups -OCH3 is 1. The maximum atomic E-state index is 5.24. The van der Waals surface area contributed by atoms with Gasteiger partial charge in [0, 0.05) is 36.4 Å². The second-order valence-electron chi connectivity index (χ2n) is 5.23. The zero-order valence-electron chi connectivity index (χ0n) is 13.1. The number of rotatable bonds is 9. The van der Waals surface area contributed by atoms with E-state index in [1.807, 2.05) is 0 Å². The zero-order valence-corrected chi connectivity index (χ0v) is 14.7. The van der Waals surface area contributed by atoms with Crippen molar-refractivity contribution in [3.05, 3.63) is 28.2 Å². The normalized spacial score (nSPS) is 11.1. The maximum Gasteiger partial charge on any atom is 0.0637 e. The molecule has 1 N–H and O–H groups in total. The Hall–Kier alpha value is -0.580. The number of nitrogens with one attached hydrogen (secondary N) is 1. The molecule has 0 saturated heterocycles. The van der Waals surface area contributed by atoms with Crippen molar-refractivity contribution in [2.75, 3.05) is 31.7 Å². The minimum absolute atomic E-state index is 0.448. The van der Waals surface area contributed by atoms with Gasteiger partial charge in [-0.3, -0.25) is 0 Å². The fraction of sp³-hybridized carbons (Fsp3) is 0.625. The van der Waals surface area contributed by atoms with Gasteiger partial charge in [0.25, 0.3) is 0 Å². The van der Waals surface area contributed by atoms with Gasteiger partial charge >= 0.3 is 0 Å². The molecule has 0 aliphatic rings. The van der Waals surface area contributed by atoms with Gasteiger partial charge in [0.1, 0.15) is 0 Å². The van der Waals surface area contributed by atoms with Crippen molar-refractivity contribution in [2.45, 2.75) is 39.8 Å². The number of anilines is 1. The quantitative estimate of drug-likeness (QED) is 0.690. The van der Waals surface area contributed by atoms with Crippen LogP contribution in [0.2, 0.25) is 0 Å². The van der Waals surface area contributed by atoms with Crippen LogP contribution >= 0.6 is 15.9 Å². The fourth-order valence-corrected chi connectivity index (χ4v) is 2.55. The van der Waals surface area contributed by atoms with Crippen molar-refractivity contribution in [3.63, 3.8) is 0 Å². The second kappa shape index (κ2) is 9.37. The molecule has 20 heavy (non-hydrogen) atoms. The molecule has 0 atom stereocenters. The largest absolute Gasteiger partial charge is 0.383 e. The van der Waals surface area contributed by atoms with Crippen LogP contribution in [0, 0.1) is 0 Å². The van der Waals surface area contributed by atoms with Crippen LogP contribution < -0.4 is 10.2 Å². The van der Waals surface area contributed by atoms with Gasteiger partial charge in [-0.25, -0.2) is 0 Å². The van der Waals surface area contributed by atoms with Crippen LogP contribution in [0.5, 0.6) is 0 Å². The Morgan fingerprint density at radius 3 is 2.70 bits per heavy atom. The van der Waals surface area contributed by atoms with E-state index in [0.717, 1.165) is 37.1 Å². The topological polar surface area (TPSA) is 24.5 Å². The van der Waals surface area contributed by atoms with Crippen LogP contribution in [0.3, 0.4) is 0 Å². The van der Waals surface area contributed by atoms with Crippen molar-refractivity contribution in [1.82, 2.24) is 5.32 Å². The van der Waals surface area contributed by atoms with Gasteiger partial charge in [-0.15, -0.1) is 0 Å². The van der Waals surface area contributed by atoms with Gasteiger partial charge in [-0.1, -0.05) is 28.9 Å². The summed E-state index contributed by atoms with van der Waals surface area (Å²) < 4.78 is 6.36. The average Bonchev–Trinajstić information content (AvgIpc) is 2.41. The molecule has 4 heteroatoms. The summed E-state index contributed by atoms with van der Waals surface area (Å²) in [5.41, 5.74) is 2.63. The minimum Gasteiger partial charge on any atom is -0.383 e. The van der Waals surface area contributed by atoms with Crippen molar-refractivity contribution < 1.29 is 4.74 Å². The van der Waals surface area contributed by atoms with Gasteiger partial charge in [0.2, 0.25) is 0 Å². The lowest BCUT2D eigenvalue weighted by Crippen LogP contribution is -2.35. The number of hydrogen-bond acceptors (Lipinski definition) is 3. The Morgan fingerprint density at radius 1 is 1.35 bits per heavy atom. The van der Waals surface area contributed by atoms with Crippen LogP contribution in [-0.4, -0.2) is 32.8 Å². The third kappa shape index (κ3) is 5.43. The van der Waals surface area contributed by atoms with Gasteiger partial charge in [0.15, 0.2) is 0 Å². The molecule has 0 saturated carbocycles. The maximum absolute atomic E-state index is 5.24. The molecule has 1 aromatic rings. The summed E-state index contributed by atoms with van der Waals surface area (Å²) in [6, 6.07) is 6.97. The summed E-state index contributed by atoms with van der Waals surface area (Å²) in [5, 5.41) is 3.49. The lowest BCUT2D eigenvalue weighted by molar-refractivity contribution is 0.204. The number of halogens is 1. The predicted molar refractivity (Wildman–Crippen MR) is 90.5 cm³/mol. The summed E-state index contributed by atoms with van der Waals surface area (Å²) >= 11 is 3.59. The van der Waals surface area contributed by atoms with E-state index in [1.165, 1.54) is 11.3 Å². The molecule has 114 valence electrons. The first kappa shape index (κ1) is 17.5. The van der Waals surface area contributed by atoms with E-state index in [9.17, 15) is 0 Å². The van der Waals surface area contributed by atoms with E-state index < -0.39 is 0 Å². The first-order valence-corrected chi connectivity index (χ1v) is 8.14. The molecule has 0 aliphatic carbocycles. The summed E-state index contributed by atoms with van der Waals surface area (Å²) in [4.78, 5) is 2.40. The van der Waals surface area contributed by atoms with Crippen LogP contribution in [0.1, 0.15) is 32.8 Å². The molecule has 0 fully saturated rings. The molecular formula is C16H27BrN2O. The molecule has 0 radical (unpaired) electrons. The Labute approximate surface area is 131 Å². The first-order chi connectivity index (χ1) is 9.60. The lowest BCUT2D eigenvalue weighted by atomic mass is 10.1. The highest BCUT2D eigenvalue weighted by atomic mass is 79.9. The highest BCUT2D eigenvalue weighted by molar-refractivity contribution is 9.10. The van der Waals surface area contributed by atoms with Crippen LogP contribution in [0.25, 0.3) is 0 Å². The Morgan fingerprint density at radius 2 is 2.10 bits per heavy atom. The number of nitrogens with zero attached hydrogens (tertiary/aromatic N) is 1. The van der Waals surface area contributed by atoms with E-state index in [4.69, 9.17) is 4.74 Å². The molecule has 0 aliphatic heterocycles. The summed E-state index contributed by atoms with van der Waals surface area (Å²) in [5.74, 6) is 0. The molecule has 0 bridgehead atoms. The van der Waals surface area contributed by atoms with Crippen molar-refractivity contribution >= 4 is 21.6 Å². The Balaban J connectivity index is 2.94. The molecule has 0 amide bonds. The molecule has 1 aromatic carbocycles. The molecule has 0 heterocycles. The van der Waals surface area contributed by atoms with Crippen molar-refractivity contribution in [2.24, 2.45) is 0 Å². The number of hydrogen-bond donors (Lipinski definition) is 1. The van der Waals surface area contributed by atoms with Crippen molar-refractivity contribution in [3.8, 4) is 0 Å². The van der Waals surface area contributed by atoms with E-state index in [-0.39, 0.29) is 0 Å². The third-order valence-electron chi connectivity index (χ3n) is 3.26. The lowest BCUT2D eigenvalue weighted by Gasteiger charge is -2.31. The number of benzene rings is 1. The predicted octanol–water partition coefficient (Wildman–Crippen LogP) is 3.81. The molecular weight excluding hydrogens is 316 g/mol. The van der Waals surface area contributed by atoms with Gasteiger partial charge < -0.3 is 15.0 Å². The molecule has 1 rings (SSSR count). The van der Waals surface area contributed by atoms with Crippen LogP contribution in [0.4, 0.5) is 5.69 Å². The standard InChI is InChI=1S/C16H27BrN2O/c1-5-8-18-12-14-6-7-15(17)11-16(14)19(13(2)3)9-10-20-4/h6-7,11,13,18H,5,8-10,12H2,1-4H3. The average molecular weight is 343 g/mol. The Kier molecular flexibility index (Phi) is 8.19. The van der Waals surface area contributed by atoms with E-state index in [2.05, 4.69) is 65.1 Å². The summed E-state index contributed by atoms with van der Waals surface area (Å²) in [6.07, 6.45) is 1.16. The summed E-state index contributed by atoms with van der Waals surface area (Å²) in [7, 11) is 1.75. The molecule has 0 unspecified atom stereocenters. The SMILES string of the molecule is CCCNCc1ccc(Br)cc1N(CCOC)C(C)C. The fourth-order valence-electron chi connectivity index (χ4n) is 2.20. The molecule has 3 nitrogen and oxygen atoms in total. The van der Waals surface area contributed by atoms with Crippen LogP contribution in [-0.2, 0) is 11.3 Å². The van der Waals surface area contributed by atoms with Gasteiger partial charge in [-0.05, 0) is 44.5 Å². The van der Waals surface area contributed by atoms with Crippen molar-refractivity contribution in [1.29, 1.82) is 0 Å². The van der Waals surface area contributed by atoms with Gasteiger partial charge in [-0.2, -0.15) is 0 Å². The molecule has 0 aromatic heterocycles. The van der Waals surface area contributed by atoms with Crippen LogP contribution in [0.15, 0.2) is 22.7 Å².